The SMILES string of the molecule is O=C(OCc1nc2ccccc2s1)[C@H]1CCCN1S(=O)(=O)c1ccc(Cl)cc1. The molecule has 0 unspecified atom stereocenters. The fraction of sp³-hybridized carbons (Fsp3) is 0.263. The normalized spacial score (nSPS) is 17.8. The monoisotopic (exact) mass is 436 g/mol. The molecular formula is C19H17ClN2O4S2. The van der Waals surface area contributed by atoms with Gasteiger partial charge in [0.15, 0.2) is 0 Å². The minimum atomic E-state index is -3.79. The summed E-state index contributed by atoms with van der Waals surface area (Å²) in [5.74, 6) is -0.547. The average molecular weight is 437 g/mol. The molecule has 0 amide bonds. The van der Waals surface area contributed by atoms with Gasteiger partial charge in [0.1, 0.15) is 17.7 Å². The third-order valence-electron chi connectivity index (χ3n) is 4.57. The first kappa shape index (κ1) is 19.3. The first-order chi connectivity index (χ1) is 13.4. The molecule has 0 spiro atoms. The Balaban J connectivity index is 1.47. The van der Waals surface area contributed by atoms with E-state index in [1.54, 1.807) is 0 Å². The minimum Gasteiger partial charge on any atom is -0.457 e. The molecule has 146 valence electrons. The second-order valence-electron chi connectivity index (χ2n) is 6.41. The maximum Gasteiger partial charge on any atom is 0.324 e. The molecular weight excluding hydrogens is 420 g/mol. The summed E-state index contributed by atoms with van der Waals surface area (Å²) in [6.45, 7) is 0.315. The lowest BCUT2D eigenvalue weighted by Crippen LogP contribution is -2.41. The van der Waals surface area contributed by atoms with Crippen LogP contribution in [0.4, 0.5) is 0 Å². The number of halogens is 1. The summed E-state index contributed by atoms with van der Waals surface area (Å²) in [4.78, 5) is 17.1. The molecule has 1 aromatic heterocycles. The van der Waals surface area contributed by atoms with Gasteiger partial charge in [-0.25, -0.2) is 13.4 Å². The van der Waals surface area contributed by atoms with Gasteiger partial charge in [-0.2, -0.15) is 4.31 Å². The highest BCUT2D eigenvalue weighted by Gasteiger charge is 2.40. The van der Waals surface area contributed by atoms with Crippen molar-refractivity contribution in [2.75, 3.05) is 6.54 Å². The Morgan fingerprint density at radius 1 is 1.21 bits per heavy atom. The summed E-state index contributed by atoms with van der Waals surface area (Å²) in [7, 11) is -3.79. The van der Waals surface area contributed by atoms with E-state index in [-0.39, 0.29) is 18.0 Å². The number of hydrogen-bond acceptors (Lipinski definition) is 6. The molecule has 0 saturated carbocycles. The topological polar surface area (TPSA) is 76.6 Å². The smallest absolute Gasteiger partial charge is 0.324 e. The van der Waals surface area contributed by atoms with E-state index in [2.05, 4.69) is 4.98 Å². The minimum absolute atomic E-state index is 0.0313. The number of carbonyl (C=O) groups excluding carboxylic acids is 1. The molecule has 0 bridgehead atoms. The highest BCUT2D eigenvalue weighted by atomic mass is 35.5. The van der Waals surface area contributed by atoms with Crippen molar-refractivity contribution in [3.8, 4) is 0 Å². The van der Waals surface area contributed by atoms with Gasteiger partial charge in [-0.3, -0.25) is 4.79 Å². The van der Waals surface area contributed by atoms with Crippen molar-refractivity contribution in [1.82, 2.24) is 9.29 Å². The molecule has 2 heterocycles. The van der Waals surface area contributed by atoms with Gasteiger partial charge in [0, 0.05) is 11.6 Å². The maximum atomic E-state index is 12.9. The van der Waals surface area contributed by atoms with Crippen LogP contribution in [0.5, 0.6) is 0 Å². The highest BCUT2D eigenvalue weighted by Crippen LogP contribution is 2.28. The second kappa shape index (κ2) is 7.79. The number of nitrogens with zero attached hydrogens (tertiary/aromatic N) is 2. The van der Waals surface area contributed by atoms with Crippen molar-refractivity contribution >= 4 is 49.1 Å². The molecule has 1 atom stereocenters. The van der Waals surface area contributed by atoms with Crippen LogP contribution >= 0.6 is 22.9 Å². The van der Waals surface area contributed by atoms with E-state index in [4.69, 9.17) is 16.3 Å². The predicted octanol–water partition coefficient (Wildman–Crippen LogP) is 3.85. The molecule has 0 aliphatic carbocycles. The second-order valence-corrected chi connectivity index (χ2v) is 9.85. The number of carbonyl (C=O) groups is 1. The van der Waals surface area contributed by atoms with Crippen molar-refractivity contribution < 1.29 is 17.9 Å². The summed E-state index contributed by atoms with van der Waals surface area (Å²) in [6.07, 6.45) is 1.04. The third-order valence-corrected chi connectivity index (χ3v) is 7.76. The Kier molecular flexibility index (Phi) is 5.37. The Hall–Kier alpha value is -2.00. The molecule has 1 saturated heterocycles. The van der Waals surface area contributed by atoms with Crippen molar-refractivity contribution in [3.05, 3.63) is 58.6 Å². The Bertz CT molecular complexity index is 1080. The number of benzene rings is 2. The van der Waals surface area contributed by atoms with Gasteiger partial charge in [0.05, 0.1) is 15.1 Å². The number of rotatable bonds is 5. The van der Waals surface area contributed by atoms with Crippen LogP contribution < -0.4 is 0 Å². The van der Waals surface area contributed by atoms with Crippen molar-refractivity contribution in [2.45, 2.75) is 30.4 Å². The lowest BCUT2D eigenvalue weighted by Gasteiger charge is -2.22. The molecule has 1 aliphatic heterocycles. The number of aromatic nitrogens is 1. The summed E-state index contributed by atoms with van der Waals surface area (Å²) in [5.41, 5.74) is 0.853. The highest BCUT2D eigenvalue weighted by molar-refractivity contribution is 7.89. The van der Waals surface area contributed by atoms with E-state index < -0.39 is 22.0 Å². The number of hydrogen-bond donors (Lipinski definition) is 0. The van der Waals surface area contributed by atoms with Crippen molar-refractivity contribution in [3.63, 3.8) is 0 Å². The molecule has 0 N–H and O–H groups in total. The fourth-order valence-corrected chi connectivity index (χ4v) is 5.87. The molecule has 0 radical (unpaired) electrons. The van der Waals surface area contributed by atoms with Gasteiger partial charge in [0.25, 0.3) is 0 Å². The van der Waals surface area contributed by atoms with Crippen LogP contribution in [0, 0.1) is 0 Å². The zero-order chi connectivity index (χ0) is 19.7. The molecule has 1 fully saturated rings. The van der Waals surface area contributed by atoms with Gasteiger partial charge in [-0.05, 0) is 49.2 Å². The molecule has 2 aromatic carbocycles. The third kappa shape index (κ3) is 3.77. The molecule has 6 nitrogen and oxygen atoms in total. The van der Waals surface area contributed by atoms with E-state index in [1.165, 1.54) is 39.9 Å². The first-order valence-corrected chi connectivity index (χ1v) is 11.4. The maximum absolute atomic E-state index is 12.9. The largest absolute Gasteiger partial charge is 0.457 e. The summed E-state index contributed by atoms with van der Waals surface area (Å²) in [5, 5.41) is 1.13. The van der Waals surface area contributed by atoms with E-state index in [0.29, 0.717) is 22.9 Å². The lowest BCUT2D eigenvalue weighted by molar-refractivity contribution is -0.148. The quantitative estimate of drug-likeness (QED) is 0.568. The Morgan fingerprint density at radius 3 is 2.71 bits per heavy atom. The number of ether oxygens (including phenoxy) is 1. The van der Waals surface area contributed by atoms with Gasteiger partial charge >= 0.3 is 5.97 Å². The molecule has 28 heavy (non-hydrogen) atoms. The van der Waals surface area contributed by atoms with Gasteiger partial charge in [0.2, 0.25) is 10.0 Å². The van der Waals surface area contributed by atoms with Crippen LogP contribution in [0.25, 0.3) is 10.2 Å². The zero-order valence-corrected chi connectivity index (χ0v) is 17.1. The summed E-state index contributed by atoms with van der Waals surface area (Å²) < 4.78 is 33.5. The van der Waals surface area contributed by atoms with Gasteiger partial charge < -0.3 is 4.74 Å². The van der Waals surface area contributed by atoms with E-state index in [9.17, 15) is 13.2 Å². The molecule has 3 aromatic rings. The number of thiazole rings is 1. The van der Waals surface area contributed by atoms with Crippen molar-refractivity contribution in [1.29, 1.82) is 0 Å². The number of fused-ring (bicyclic) bond motifs is 1. The van der Waals surface area contributed by atoms with Crippen LogP contribution in [-0.2, 0) is 26.2 Å². The summed E-state index contributed by atoms with van der Waals surface area (Å²) >= 11 is 7.30. The van der Waals surface area contributed by atoms with E-state index in [1.807, 2.05) is 24.3 Å². The molecule has 1 aliphatic rings. The van der Waals surface area contributed by atoms with Crippen LogP contribution in [0.3, 0.4) is 0 Å². The molecule has 4 rings (SSSR count). The Morgan fingerprint density at radius 2 is 1.96 bits per heavy atom. The van der Waals surface area contributed by atoms with Crippen molar-refractivity contribution in [2.24, 2.45) is 0 Å². The molecule has 9 heteroatoms. The van der Waals surface area contributed by atoms with Crippen LogP contribution in [-0.4, -0.2) is 36.3 Å². The first-order valence-electron chi connectivity index (χ1n) is 8.74. The van der Waals surface area contributed by atoms with E-state index >= 15 is 0 Å². The van der Waals surface area contributed by atoms with Crippen LogP contribution in [0.2, 0.25) is 5.02 Å². The van der Waals surface area contributed by atoms with Gasteiger partial charge in [-0.1, -0.05) is 23.7 Å². The fourth-order valence-electron chi connectivity index (χ4n) is 3.22. The predicted molar refractivity (Wildman–Crippen MR) is 108 cm³/mol. The zero-order valence-electron chi connectivity index (χ0n) is 14.7. The standard InChI is InChI=1S/C19H17ClN2O4S2/c20-13-7-9-14(10-8-13)28(24,25)22-11-3-5-16(22)19(23)26-12-18-21-15-4-1-2-6-17(15)27-18/h1-2,4,6-10,16H,3,5,11-12H2/t16-/m1/s1. The van der Waals surface area contributed by atoms with Crippen LogP contribution in [0.15, 0.2) is 53.4 Å². The van der Waals surface area contributed by atoms with Crippen LogP contribution in [0.1, 0.15) is 17.8 Å². The van der Waals surface area contributed by atoms with E-state index in [0.717, 1.165) is 10.2 Å². The summed E-state index contributed by atoms with van der Waals surface area (Å²) in [6, 6.07) is 12.8. The van der Waals surface area contributed by atoms with Gasteiger partial charge in [-0.15, -0.1) is 11.3 Å². The number of para-hydroxylation sites is 1. The Labute approximate surface area is 171 Å². The lowest BCUT2D eigenvalue weighted by atomic mass is 10.2. The number of sulfonamides is 1. The number of esters is 1. The average Bonchev–Trinajstić information content (AvgIpc) is 3.33.